The molecule has 2 amide bonds. The Hall–Kier alpha value is -2.50. The Morgan fingerprint density at radius 1 is 0.941 bits per heavy atom. The molecule has 0 radical (unpaired) electrons. The second kappa shape index (κ2) is 8.94. The van der Waals surface area contributed by atoms with Gasteiger partial charge in [-0.2, -0.15) is 18.7 Å². The van der Waals surface area contributed by atoms with E-state index in [-0.39, 0.29) is 41.2 Å². The highest BCUT2D eigenvalue weighted by atomic mass is 19.4. The van der Waals surface area contributed by atoms with Crippen molar-refractivity contribution in [3.63, 3.8) is 0 Å². The second-order valence-electron chi connectivity index (χ2n) is 9.75. The van der Waals surface area contributed by atoms with Crippen LogP contribution in [-0.4, -0.2) is 59.9 Å². The smallest absolute Gasteiger partial charge is 0.342 e. The van der Waals surface area contributed by atoms with Crippen molar-refractivity contribution in [2.45, 2.75) is 37.5 Å². The Balaban J connectivity index is 1.15. The number of amides is 2. The predicted octanol–water partition coefficient (Wildman–Crippen LogP) is 1.92. The van der Waals surface area contributed by atoms with E-state index in [1.807, 2.05) is 4.90 Å². The molecule has 5 atom stereocenters. The number of hydrogen-bond acceptors (Lipinski definition) is 5. The van der Waals surface area contributed by atoms with Crippen molar-refractivity contribution < 1.29 is 27.2 Å². The van der Waals surface area contributed by atoms with Crippen LogP contribution in [0, 0.1) is 23.6 Å². The van der Waals surface area contributed by atoms with Gasteiger partial charge in [-0.3, -0.25) is 9.59 Å². The molecule has 1 aromatic rings. The molecule has 3 heterocycles. The van der Waals surface area contributed by atoms with Gasteiger partial charge in [0.05, 0.1) is 5.56 Å². The van der Waals surface area contributed by atoms with Crippen molar-refractivity contribution >= 4 is 17.9 Å². The number of carbonyl (C=O) groups excluding carboxylic acids is 2. The van der Waals surface area contributed by atoms with Crippen LogP contribution < -0.4 is 16.4 Å². The third-order valence-electron chi connectivity index (χ3n) is 7.49. The summed E-state index contributed by atoms with van der Waals surface area (Å²) >= 11 is 0. The van der Waals surface area contributed by atoms with Crippen molar-refractivity contribution in [1.82, 2.24) is 26.2 Å². The molecule has 7 nitrogen and oxygen atoms in total. The highest BCUT2D eigenvalue weighted by Gasteiger charge is 2.45. The van der Waals surface area contributed by atoms with E-state index >= 15 is 0 Å². The Labute approximate surface area is 194 Å². The van der Waals surface area contributed by atoms with Gasteiger partial charge < -0.3 is 9.80 Å². The van der Waals surface area contributed by atoms with E-state index in [0.29, 0.717) is 38.3 Å². The summed E-state index contributed by atoms with van der Waals surface area (Å²) in [6.07, 6.45) is 0.321. The van der Waals surface area contributed by atoms with Crippen LogP contribution in [0.25, 0.3) is 6.08 Å². The van der Waals surface area contributed by atoms with Gasteiger partial charge in [-0.25, -0.2) is 15.2 Å². The van der Waals surface area contributed by atoms with Crippen LogP contribution in [0.3, 0.4) is 0 Å². The van der Waals surface area contributed by atoms with E-state index in [2.05, 4.69) is 16.4 Å². The zero-order chi connectivity index (χ0) is 24.0. The number of nitrogens with zero attached hydrogens (tertiary/aromatic N) is 2. The molecule has 1 saturated carbocycles. The number of carbonyl (C=O) groups is 2. The lowest BCUT2D eigenvalue weighted by molar-refractivity contribution is -0.138. The molecule has 1 aromatic carbocycles. The fraction of sp³-hybridized carbons (Fsp3) is 0.565. The summed E-state index contributed by atoms with van der Waals surface area (Å²) in [5, 5.41) is 0. The van der Waals surface area contributed by atoms with Crippen LogP contribution in [0.4, 0.5) is 17.6 Å². The first-order chi connectivity index (χ1) is 16.2. The number of hydrogen-bond donors (Lipinski definition) is 3. The lowest BCUT2D eigenvalue weighted by Gasteiger charge is -2.32. The van der Waals surface area contributed by atoms with E-state index < -0.39 is 17.6 Å². The van der Waals surface area contributed by atoms with Gasteiger partial charge in [0.15, 0.2) is 0 Å². The molecule has 5 rings (SSSR count). The maximum Gasteiger partial charge on any atom is 0.416 e. The molecular formula is C23H27F4N5O2. The third-order valence-corrected chi connectivity index (χ3v) is 7.49. The number of alkyl halides is 3. The molecule has 4 fully saturated rings. The van der Waals surface area contributed by atoms with Gasteiger partial charge in [0.1, 0.15) is 5.82 Å². The number of rotatable bonds is 3. The summed E-state index contributed by atoms with van der Waals surface area (Å²) in [7, 11) is 0. The van der Waals surface area contributed by atoms with E-state index in [1.165, 1.54) is 12.2 Å². The molecule has 1 aliphatic carbocycles. The monoisotopic (exact) mass is 481 g/mol. The summed E-state index contributed by atoms with van der Waals surface area (Å²) in [5.41, 5.74) is 8.17. The minimum absolute atomic E-state index is 0.00259. The topological polar surface area (TPSA) is 76.7 Å². The summed E-state index contributed by atoms with van der Waals surface area (Å²) in [4.78, 5) is 29.3. The van der Waals surface area contributed by atoms with Crippen LogP contribution in [0.15, 0.2) is 24.3 Å². The fourth-order valence-corrected chi connectivity index (χ4v) is 5.71. The molecule has 3 saturated heterocycles. The van der Waals surface area contributed by atoms with Crippen LogP contribution in [0.2, 0.25) is 0 Å². The molecule has 11 heteroatoms. The molecule has 0 aromatic heterocycles. The Bertz CT molecular complexity index is 986. The van der Waals surface area contributed by atoms with Crippen molar-refractivity contribution in [3.05, 3.63) is 41.2 Å². The first kappa shape index (κ1) is 23.3. The molecular weight excluding hydrogens is 454 g/mol. The maximum absolute atomic E-state index is 13.6. The maximum atomic E-state index is 13.6. The van der Waals surface area contributed by atoms with Gasteiger partial charge in [0.25, 0.3) is 0 Å². The van der Waals surface area contributed by atoms with Crippen LogP contribution in [0.5, 0.6) is 0 Å². The first-order valence-corrected chi connectivity index (χ1v) is 11.6. The lowest BCUT2D eigenvalue weighted by Crippen LogP contribution is -2.45. The molecule has 34 heavy (non-hydrogen) atoms. The molecule has 184 valence electrons. The van der Waals surface area contributed by atoms with Crippen molar-refractivity contribution in [2.24, 2.45) is 17.8 Å². The van der Waals surface area contributed by atoms with Gasteiger partial charge in [0, 0.05) is 62.1 Å². The minimum Gasteiger partial charge on any atom is -0.342 e. The zero-order valence-electron chi connectivity index (χ0n) is 18.4. The van der Waals surface area contributed by atoms with Crippen molar-refractivity contribution in [3.8, 4) is 0 Å². The molecule has 0 spiro atoms. The highest BCUT2D eigenvalue weighted by Crippen LogP contribution is 2.35. The number of hydrazine groups is 2. The largest absolute Gasteiger partial charge is 0.416 e. The fourth-order valence-electron chi connectivity index (χ4n) is 5.71. The summed E-state index contributed by atoms with van der Waals surface area (Å²) in [5.74, 6) is -0.760. The molecule has 0 bridgehead atoms. The zero-order valence-corrected chi connectivity index (χ0v) is 18.4. The van der Waals surface area contributed by atoms with Crippen LogP contribution in [-0.2, 0) is 15.8 Å². The average molecular weight is 481 g/mol. The van der Waals surface area contributed by atoms with Crippen LogP contribution >= 0.6 is 0 Å². The highest BCUT2D eigenvalue weighted by molar-refractivity contribution is 5.92. The summed E-state index contributed by atoms with van der Waals surface area (Å²) in [6.45, 7) is 2.23. The molecule has 4 aliphatic rings. The summed E-state index contributed by atoms with van der Waals surface area (Å²) < 4.78 is 52.2. The number of benzene rings is 1. The molecule has 3 N–H and O–H groups in total. The summed E-state index contributed by atoms with van der Waals surface area (Å²) in [6, 6.07) is 2.80. The Morgan fingerprint density at radius 2 is 1.62 bits per heavy atom. The standard InChI is InChI=1S/C23H27F4N5O2/c24-18-6-13(5-17(8-18)23(25,26)27)1-4-21(33)31-9-15-11-32(12-16(15)10-31)22(34)14-2-3-19-20(7-14)29-30-28-19/h1,4-6,8,14-16,19-20,28-30H,2-3,7,9-12H2/b4-1+/t14?,15-,16+,19?,20?. The number of halogens is 4. The second-order valence-corrected chi connectivity index (χ2v) is 9.75. The van der Waals surface area contributed by atoms with Crippen LogP contribution in [0.1, 0.15) is 30.4 Å². The Kier molecular flexibility index (Phi) is 6.11. The Morgan fingerprint density at radius 3 is 2.32 bits per heavy atom. The quantitative estimate of drug-likeness (QED) is 0.455. The minimum atomic E-state index is -4.66. The van der Waals surface area contributed by atoms with E-state index in [1.54, 1.807) is 4.90 Å². The van der Waals surface area contributed by atoms with Gasteiger partial charge >= 0.3 is 6.18 Å². The van der Waals surface area contributed by atoms with Gasteiger partial charge in [-0.1, -0.05) is 0 Å². The molecule has 3 aliphatic heterocycles. The lowest BCUT2D eigenvalue weighted by atomic mass is 9.82. The van der Waals surface area contributed by atoms with E-state index in [4.69, 9.17) is 0 Å². The molecule has 3 unspecified atom stereocenters. The van der Waals surface area contributed by atoms with E-state index in [9.17, 15) is 27.2 Å². The van der Waals surface area contributed by atoms with E-state index in [0.717, 1.165) is 31.4 Å². The third kappa shape index (κ3) is 4.69. The average Bonchev–Trinajstić information content (AvgIpc) is 3.50. The van der Waals surface area contributed by atoms with Gasteiger partial charge in [-0.05, 0) is 49.1 Å². The number of fused-ring (bicyclic) bond motifs is 2. The normalized spacial score (nSPS) is 31.2. The van der Waals surface area contributed by atoms with Crippen molar-refractivity contribution in [2.75, 3.05) is 26.2 Å². The van der Waals surface area contributed by atoms with Crippen molar-refractivity contribution in [1.29, 1.82) is 0 Å². The van der Waals surface area contributed by atoms with Gasteiger partial charge in [-0.15, -0.1) is 0 Å². The first-order valence-electron chi connectivity index (χ1n) is 11.6. The SMILES string of the molecule is O=C(/C=C/c1cc(F)cc(C(F)(F)F)c1)N1C[C@@H]2CN(C(=O)C3CCC4NNNC4C3)C[C@@H]2C1. The predicted molar refractivity (Wildman–Crippen MR) is 115 cm³/mol. The number of nitrogens with one attached hydrogen (secondary N) is 3. The number of likely N-dealkylation sites (tertiary alicyclic amines) is 2. The van der Waals surface area contributed by atoms with Gasteiger partial charge in [0.2, 0.25) is 11.8 Å².